The molecule has 0 aliphatic heterocycles. The van der Waals surface area contributed by atoms with Gasteiger partial charge in [0.1, 0.15) is 0 Å². The summed E-state index contributed by atoms with van der Waals surface area (Å²) >= 11 is 0. The van der Waals surface area contributed by atoms with Gasteiger partial charge in [-0.15, -0.1) is 24.0 Å². The molecular weight excluding hydrogens is 967 g/mol. The van der Waals surface area contributed by atoms with Crippen LogP contribution in [-0.4, -0.2) is 54.1 Å². The molecule has 0 saturated heterocycles. The highest BCUT2D eigenvalue weighted by atomic mass is 127. The molecule has 60 heavy (non-hydrogen) atoms. The first-order valence-corrected chi connectivity index (χ1v) is 22.2. The minimum absolute atomic E-state index is 0. The minimum Gasteiger partial charge on any atom is -0.399 e. The largest absolute Gasteiger partial charge is 0.399 e. The average molecular weight is 1030 g/mol. The van der Waals surface area contributed by atoms with Crippen LogP contribution in [0.15, 0.2) is 118 Å². The topological polar surface area (TPSA) is 240 Å². The van der Waals surface area contributed by atoms with Crippen LogP contribution >= 0.6 is 34.7 Å². The Morgan fingerprint density at radius 1 is 0.500 bits per heavy atom. The number of nitrogens with two attached hydrogens (primary N) is 1. The van der Waals surface area contributed by atoms with Gasteiger partial charge >= 0.3 is 0 Å². The van der Waals surface area contributed by atoms with Crippen LogP contribution < -0.4 is 31.1 Å². The molecule has 0 aromatic heterocycles. The zero-order valence-electron chi connectivity index (χ0n) is 33.6. The molecular formula is C40H62ClIN6O9S3. The number of amides is 3. The number of benzene rings is 4. The van der Waals surface area contributed by atoms with Gasteiger partial charge in [0.25, 0.3) is 9.05 Å². The second-order valence-electron chi connectivity index (χ2n) is 14.2. The Bertz CT molecular complexity index is 2280. The number of halogens is 2. The SMILES string of the molecule is C.C.CC(=O)Nc1ccc(S(=O)(=O)Cl)cc1.CC(=O)Nc1ccc(S(=O)(=O)NC(C)(C)C)cc1.CC(=O)Nc1ccccc1.CC(C)(C)NS(=O)(=O)c1ccc(N)cc1.I.[HH]. The lowest BCUT2D eigenvalue weighted by Crippen LogP contribution is -2.40. The first kappa shape index (κ1) is 60.2. The lowest BCUT2D eigenvalue weighted by Gasteiger charge is -2.20. The van der Waals surface area contributed by atoms with E-state index in [2.05, 4.69) is 25.4 Å². The van der Waals surface area contributed by atoms with Crippen molar-refractivity contribution in [1.82, 2.24) is 9.44 Å². The smallest absolute Gasteiger partial charge is 0.261 e. The van der Waals surface area contributed by atoms with Gasteiger partial charge in [0.05, 0.1) is 14.7 Å². The first-order valence-electron chi connectivity index (χ1n) is 17.0. The lowest BCUT2D eigenvalue weighted by atomic mass is 10.1. The number of rotatable bonds is 8. The summed E-state index contributed by atoms with van der Waals surface area (Å²) in [6, 6.07) is 27.1. The maximum Gasteiger partial charge on any atom is 0.261 e. The van der Waals surface area contributed by atoms with Crippen LogP contribution in [0.3, 0.4) is 0 Å². The Morgan fingerprint density at radius 2 is 0.767 bits per heavy atom. The minimum atomic E-state index is -3.69. The Labute approximate surface area is 380 Å². The molecule has 3 amide bonds. The number of anilines is 4. The van der Waals surface area contributed by atoms with Gasteiger partial charge in [-0.1, -0.05) is 33.1 Å². The lowest BCUT2D eigenvalue weighted by molar-refractivity contribution is -0.115. The van der Waals surface area contributed by atoms with Crippen LogP contribution in [0.5, 0.6) is 0 Å². The molecule has 0 atom stereocenters. The van der Waals surface area contributed by atoms with E-state index in [1.165, 1.54) is 69.3 Å². The van der Waals surface area contributed by atoms with Gasteiger partial charge < -0.3 is 21.7 Å². The van der Waals surface area contributed by atoms with E-state index in [-0.39, 0.29) is 72.7 Å². The average Bonchev–Trinajstić information content (AvgIpc) is 3.03. The summed E-state index contributed by atoms with van der Waals surface area (Å²) in [7, 11) is -5.55. The van der Waals surface area contributed by atoms with Gasteiger partial charge in [0.2, 0.25) is 37.8 Å². The fraction of sp³-hybridized carbons (Fsp3) is 0.325. The molecule has 0 radical (unpaired) electrons. The van der Waals surface area contributed by atoms with Crippen molar-refractivity contribution in [3.8, 4) is 0 Å². The molecule has 15 nitrogen and oxygen atoms in total. The molecule has 20 heteroatoms. The molecule has 4 aromatic rings. The molecule has 338 valence electrons. The second kappa shape index (κ2) is 26.3. The van der Waals surface area contributed by atoms with E-state index in [0.717, 1.165) is 5.69 Å². The highest BCUT2D eigenvalue weighted by molar-refractivity contribution is 14.0. The van der Waals surface area contributed by atoms with Crippen LogP contribution in [0.25, 0.3) is 0 Å². The monoisotopic (exact) mass is 1030 g/mol. The number of para-hydroxylation sites is 1. The Balaban J connectivity index is -0.000000353. The van der Waals surface area contributed by atoms with Gasteiger partial charge in [-0.05, 0) is 126 Å². The van der Waals surface area contributed by atoms with Crippen molar-refractivity contribution in [3.63, 3.8) is 0 Å². The third-order valence-electron chi connectivity index (χ3n) is 6.11. The Morgan fingerprint density at radius 3 is 1.03 bits per heavy atom. The van der Waals surface area contributed by atoms with Gasteiger partial charge in [-0.2, -0.15) is 0 Å². The molecule has 4 rings (SSSR count). The third-order valence-corrected chi connectivity index (χ3v) is 11.0. The van der Waals surface area contributed by atoms with E-state index in [4.69, 9.17) is 16.4 Å². The number of carbonyl (C=O) groups excluding carboxylic acids is 3. The number of carbonyl (C=O) groups is 3. The van der Waals surface area contributed by atoms with Gasteiger partial charge in [0, 0.05) is 66.7 Å². The summed E-state index contributed by atoms with van der Waals surface area (Å²) in [5.41, 5.74) is 6.95. The maximum absolute atomic E-state index is 12.0. The van der Waals surface area contributed by atoms with E-state index in [1.54, 1.807) is 65.8 Å². The molecule has 0 spiro atoms. The van der Waals surface area contributed by atoms with Crippen LogP contribution in [-0.2, 0) is 43.5 Å². The summed E-state index contributed by atoms with van der Waals surface area (Å²) in [6.45, 7) is 15.0. The van der Waals surface area contributed by atoms with E-state index in [9.17, 15) is 39.6 Å². The number of hydrogen-bond acceptors (Lipinski definition) is 10. The van der Waals surface area contributed by atoms with E-state index < -0.39 is 40.2 Å². The summed E-state index contributed by atoms with van der Waals surface area (Å²) < 4.78 is 74.4. The Hall–Kier alpha value is -4.12. The molecule has 7 N–H and O–H groups in total. The van der Waals surface area contributed by atoms with E-state index in [0.29, 0.717) is 17.1 Å². The zero-order chi connectivity index (χ0) is 43.8. The fourth-order valence-corrected chi connectivity index (χ4v) is 7.73. The van der Waals surface area contributed by atoms with Crippen LogP contribution in [0.1, 0.15) is 78.6 Å². The number of nitrogen functional groups attached to an aromatic ring is 1. The second-order valence-corrected chi connectivity index (χ2v) is 20.1. The van der Waals surface area contributed by atoms with Crippen molar-refractivity contribution in [2.45, 2.75) is 103 Å². The van der Waals surface area contributed by atoms with Crippen molar-refractivity contribution in [1.29, 1.82) is 0 Å². The van der Waals surface area contributed by atoms with Gasteiger partial charge in [-0.3, -0.25) is 14.4 Å². The van der Waals surface area contributed by atoms with Crippen molar-refractivity contribution in [2.75, 3.05) is 21.7 Å². The predicted molar refractivity (Wildman–Crippen MR) is 257 cm³/mol. The van der Waals surface area contributed by atoms with Crippen molar-refractivity contribution >= 4 is 104 Å². The normalized spacial score (nSPS) is 10.9. The predicted octanol–water partition coefficient (Wildman–Crippen LogP) is 8.42. The number of sulfonamides is 2. The molecule has 0 heterocycles. The molecule has 0 bridgehead atoms. The van der Waals surface area contributed by atoms with Gasteiger partial charge in [-0.25, -0.2) is 34.7 Å². The summed E-state index contributed by atoms with van der Waals surface area (Å²) in [6.07, 6.45) is 0. The third kappa shape index (κ3) is 26.2. The van der Waals surface area contributed by atoms with E-state index in [1.807, 2.05) is 30.3 Å². The van der Waals surface area contributed by atoms with E-state index >= 15 is 0 Å². The molecule has 4 aromatic carbocycles. The molecule has 0 unspecified atom stereocenters. The molecule has 0 fully saturated rings. The number of hydrogen-bond donors (Lipinski definition) is 6. The summed E-state index contributed by atoms with van der Waals surface area (Å²) in [4.78, 5) is 32.4. The molecule has 0 aliphatic carbocycles. The van der Waals surface area contributed by atoms with Crippen LogP contribution in [0.2, 0.25) is 0 Å². The Kier molecular flexibility index (Phi) is 26.3. The zero-order valence-corrected chi connectivity index (χ0v) is 39.1. The number of nitrogens with one attached hydrogen (secondary N) is 5. The quantitative estimate of drug-likeness (QED) is 0.0559. The molecule has 0 saturated carbocycles. The first-order chi connectivity index (χ1) is 26.0. The van der Waals surface area contributed by atoms with Crippen LogP contribution in [0.4, 0.5) is 22.7 Å². The highest BCUT2D eigenvalue weighted by Crippen LogP contribution is 2.18. The van der Waals surface area contributed by atoms with Crippen LogP contribution in [0, 0.1) is 0 Å². The summed E-state index contributed by atoms with van der Waals surface area (Å²) in [5, 5.41) is 7.75. The fourth-order valence-electron chi connectivity index (χ4n) is 4.12. The van der Waals surface area contributed by atoms with Crippen molar-refractivity contribution in [2.24, 2.45) is 0 Å². The maximum atomic E-state index is 12.0. The summed E-state index contributed by atoms with van der Waals surface area (Å²) in [5.74, 6) is -0.448. The van der Waals surface area contributed by atoms with Gasteiger partial charge in [0.15, 0.2) is 0 Å². The molecule has 0 aliphatic rings. The van der Waals surface area contributed by atoms with Crippen molar-refractivity contribution < 1.29 is 41.1 Å². The van der Waals surface area contributed by atoms with Crippen molar-refractivity contribution in [3.05, 3.63) is 103 Å². The standard InChI is InChI=1S/C12H18N2O3S.C10H16N2O2S.C8H8ClNO3S.C8H9NO.2CH4.HI.H2/c1-9(15)13-10-5-7-11(8-6-10)18(16,17)14-12(2,3)4;1-10(2,3)12-15(13,14)9-6-4-8(11)5-7-9;1-6(11)10-7-2-4-8(5-3-7)14(9,12)13;1-7(10)9-8-5-3-2-4-6-8;;;;/h5-8,14H,1-4H3,(H,13,15);4-7,12H,11H2,1-3H3;2-5H,1H3,(H,10,11);2-6H,1H3,(H,9,10);2*1H4;2*1H. The highest BCUT2D eigenvalue weighted by Gasteiger charge is 2.22.